The molecule has 0 saturated heterocycles. The molecule has 3 rings (SSSR count). The molecule has 0 amide bonds. The van der Waals surface area contributed by atoms with E-state index in [-0.39, 0.29) is 11.6 Å². The van der Waals surface area contributed by atoms with Gasteiger partial charge in [-0.1, -0.05) is 28.9 Å². The fourth-order valence-electron chi connectivity index (χ4n) is 3.12. The molecule has 1 fully saturated rings. The van der Waals surface area contributed by atoms with Gasteiger partial charge in [0.2, 0.25) is 0 Å². The van der Waals surface area contributed by atoms with Crippen molar-refractivity contribution in [1.29, 1.82) is 0 Å². The summed E-state index contributed by atoms with van der Waals surface area (Å²) in [6.45, 7) is 2.03. The van der Waals surface area contributed by atoms with Gasteiger partial charge in [-0.05, 0) is 60.4 Å². The van der Waals surface area contributed by atoms with Gasteiger partial charge < -0.3 is 4.74 Å². The molecule has 0 aliphatic heterocycles. The van der Waals surface area contributed by atoms with Gasteiger partial charge >= 0.3 is 0 Å². The number of hydrogen-bond acceptors (Lipinski definition) is 3. The van der Waals surface area contributed by atoms with Crippen molar-refractivity contribution in [2.24, 2.45) is 0 Å². The van der Waals surface area contributed by atoms with Gasteiger partial charge in [0.05, 0.1) is 0 Å². The number of carbonyl (C=O) groups excluding carboxylic acids is 2. The summed E-state index contributed by atoms with van der Waals surface area (Å²) in [6, 6.07) is 13.3. The van der Waals surface area contributed by atoms with Gasteiger partial charge in [0, 0.05) is 17.3 Å². The standard InChI is InChI=1S/C20H19BrO3/c1-2-13-6-9-16(24-15-10-7-14(21)8-11-15)12-17(13)20-18(22)4-3-5-19(20)23/h6-12,20H,2-5H2,1H3. The summed E-state index contributed by atoms with van der Waals surface area (Å²) < 4.78 is 6.87. The van der Waals surface area contributed by atoms with Crippen LogP contribution in [0, 0.1) is 0 Å². The predicted octanol–water partition coefficient (Wildman–Crippen LogP) is 5.21. The number of ketones is 2. The van der Waals surface area contributed by atoms with E-state index in [0.29, 0.717) is 25.0 Å². The minimum Gasteiger partial charge on any atom is -0.457 e. The number of aryl methyl sites for hydroxylation is 1. The first-order valence-electron chi connectivity index (χ1n) is 8.20. The molecule has 1 saturated carbocycles. The highest BCUT2D eigenvalue weighted by Crippen LogP contribution is 2.33. The van der Waals surface area contributed by atoms with Crippen LogP contribution in [0.3, 0.4) is 0 Å². The van der Waals surface area contributed by atoms with Crippen molar-refractivity contribution < 1.29 is 14.3 Å². The van der Waals surface area contributed by atoms with Gasteiger partial charge in [0.1, 0.15) is 29.0 Å². The number of ether oxygens (including phenoxy) is 1. The van der Waals surface area contributed by atoms with Crippen LogP contribution in [0.15, 0.2) is 46.9 Å². The molecule has 0 N–H and O–H groups in total. The third-order valence-corrected chi connectivity index (χ3v) is 4.88. The van der Waals surface area contributed by atoms with Crippen molar-refractivity contribution in [1.82, 2.24) is 0 Å². The highest BCUT2D eigenvalue weighted by atomic mass is 79.9. The van der Waals surface area contributed by atoms with Crippen LogP contribution in [0.2, 0.25) is 0 Å². The van der Waals surface area contributed by atoms with Crippen LogP contribution < -0.4 is 4.74 Å². The van der Waals surface area contributed by atoms with Crippen molar-refractivity contribution in [3.05, 3.63) is 58.1 Å². The molecule has 1 aliphatic carbocycles. The molecule has 0 heterocycles. The Labute approximate surface area is 150 Å². The normalized spacial score (nSPS) is 15.6. The summed E-state index contributed by atoms with van der Waals surface area (Å²) in [5.41, 5.74) is 1.84. The third kappa shape index (κ3) is 3.59. The predicted molar refractivity (Wildman–Crippen MR) is 96.6 cm³/mol. The van der Waals surface area contributed by atoms with Crippen molar-refractivity contribution in [3.63, 3.8) is 0 Å². The summed E-state index contributed by atoms with van der Waals surface area (Å²) in [5, 5.41) is 0. The Hall–Kier alpha value is -1.94. The molecule has 0 bridgehead atoms. The molecular weight excluding hydrogens is 368 g/mol. The van der Waals surface area contributed by atoms with Crippen molar-refractivity contribution in [3.8, 4) is 11.5 Å². The number of hydrogen-bond donors (Lipinski definition) is 0. The molecule has 0 atom stereocenters. The maximum absolute atomic E-state index is 12.3. The summed E-state index contributed by atoms with van der Waals surface area (Å²) in [7, 11) is 0. The van der Waals surface area contributed by atoms with E-state index in [4.69, 9.17) is 4.74 Å². The second-order valence-corrected chi connectivity index (χ2v) is 6.91. The molecule has 0 aromatic heterocycles. The number of Topliss-reactive ketones (excluding diaryl/α,β-unsaturated/α-hetero) is 2. The quantitative estimate of drug-likeness (QED) is 0.677. The molecular formula is C20H19BrO3. The van der Waals surface area contributed by atoms with Crippen molar-refractivity contribution in [2.75, 3.05) is 0 Å². The average molecular weight is 387 g/mol. The van der Waals surface area contributed by atoms with E-state index in [1.54, 1.807) is 0 Å². The SMILES string of the molecule is CCc1ccc(Oc2ccc(Br)cc2)cc1C1C(=O)CCCC1=O. The van der Waals surface area contributed by atoms with Crippen molar-refractivity contribution in [2.45, 2.75) is 38.5 Å². The summed E-state index contributed by atoms with van der Waals surface area (Å²) in [4.78, 5) is 24.6. The van der Waals surface area contributed by atoms with Crippen LogP contribution in [0.4, 0.5) is 0 Å². The average Bonchev–Trinajstić information content (AvgIpc) is 2.57. The van der Waals surface area contributed by atoms with Gasteiger partial charge in [-0.25, -0.2) is 0 Å². The molecule has 2 aromatic rings. The summed E-state index contributed by atoms with van der Waals surface area (Å²) in [6.07, 6.45) is 2.42. The van der Waals surface area contributed by atoms with Crippen LogP contribution >= 0.6 is 15.9 Å². The Morgan fingerprint density at radius 3 is 2.25 bits per heavy atom. The van der Waals surface area contributed by atoms with Crippen molar-refractivity contribution >= 4 is 27.5 Å². The topological polar surface area (TPSA) is 43.4 Å². The minimum absolute atomic E-state index is 0.0294. The third-order valence-electron chi connectivity index (χ3n) is 4.35. The van der Waals surface area contributed by atoms with E-state index in [2.05, 4.69) is 15.9 Å². The first kappa shape index (κ1) is 16.9. The second-order valence-electron chi connectivity index (χ2n) is 5.99. The van der Waals surface area contributed by atoms with Crippen LogP contribution in [0.5, 0.6) is 11.5 Å². The van der Waals surface area contributed by atoms with Gasteiger partial charge in [-0.15, -0.1) is 0 Å². The minimum atomic E-state index is -0.623. The van der Waals surface area contributed by atoms with E-state index >= 15 is 0 Å². The smallest absolute Gasteiger partial charge is 0.147 e. The fourth-order valence-corrected chi connectivity index (χ4v) is 3.38. The molecule has 24 heavy (non-hydrogen) atoms. The zero-order valence-electron chi connectivity index (χ0n) is 13.5. The highest BCUT2D eigenvalue weighted by Gasteiger charge is 2.32. The largest absolute Gasteiger partial charge is 0.457 e. The van der Waals surface area contributed by atoms with Crippen LogP contribution in [-0.2, 0) is 16.0 Å². The molecule has 1 aliphatic rings. The van der Waals surface area contributed by atoms with Crippen LogP contribution in [-0.4, -0.2) is 11.6 Å². The summed E-state index contributed by atoms with van der Waals surface area (Å²) in [5.74, 6) is 0.802. The number of rotatable bonds is 4. The van der Waals surface area contributed by atoms with E-state index in [0.717, 1.165) is 27.8 Å². The molecule has 3 nitrogen and oxygen atoms in total. The highest BCUT2D eigenvalue weighted by molar-refractivity contribution is 9.10. The zero-order chi connectivity index (χ0) is 17.1. The van der Waals surface area contributed by atoms with Gasteiger partial charge in [0.15, 0.2) is 0 Å². The Morgan fingerprint density at radius 2 is 1.62 bits per heavy atom. The maximum Gasteiger partial charge on any atom is 0.147 e. The van der Waals surface area contributed by atoms with Gasteiger partial charge in [-0.3, -0.25) is 9.59 Å². The summed E-state index contributed by atoms with van der Waals surface area (Å²) >= 11 is 3.40. The molecule has 0 unspecified atom stereocenters. The maximum atomic E-state index is 12.3. The zero-order valence-corrected chi connectivity index (χ0v) is 15.1. The molecule has 0 spiro atoms. The van der Waals surface area contributed by atoms with E-state index in [1.807, 2.05) is 49.4 Å². The Kier molecular flexibility index (Phi) is 5.14. The lowest BCUT2D eigenvalue weighted by molar-refractivity contribution is -0.131. The molecule has 0 radical (unpaired) electrons. The molecule has 124 valence electrons. The van der Waals surface area contributed by atoms with Crippen LogP contribution in [0.25, 0.3) is 0 Å². The van der Waals surface area contributed by atoms with E-state index in [9.17, 15) is 9.59 Å². The first-order valence-corrected chi connectivity index (χ1v) is 8.99. The fraction of sp³-hybridized carbons (Fsp3) is 0.300. The lowest BCUT2D eigenvalue weighted by Gasteiger charge is -2.22. The first-order chi connectivity index (χ1) is 11.6. The molecule has 4 heteroatoms. The van der Waals surface area contributed by atoms with E-state index in [1.165, 1.54) is 0 Å². The van der Waals surface area contributed by atoms with Gasteiger partial charge in [0.25, 0.3) is 0 Å². The van der Waals surface area contributed by atoms with Gasteiger partial charge in [-0.2, -0.15) is 0 Å². The van der Waals surface area contributed by atoms with Crippen LogP contribution in [0.1, 0.15) is 43.2 Å². The lowest BCUT2D eigenvalue weighted by Crippen LogP contribution is -2.27. The number of benzene rings is 2. The van der Waals surface area contributed by atoms with E-state index < -0.39 is 5.92 Å². The Balaban J connectivity index is 1.94. The Morgan fingerprint density at radius 1 is 1.00 bits per heavy atom. The lowest BCUT2D eigenvalue weighted by atomic mass is 9.79. The number of carbonyl (C=O) groups is 2. The molecule has 2 aromatic carbocycles. The second kappa shape index (κ2) is 7.31. The Bertz CT molecular complexity index is 749. The monoisotopic (exact) mass is 386 g/mol. The number of halogens is 1.